The Morgan fingerprint density at radius 3 is 2.49 bits per heavy atom. The van der Waals surface area contributed by atoms with Crippen LogP contribution in [0.25, 0.3) is 16.0 Å². The van der Waals surface area contributed by atoms with Crippen LogP contribution in [-0.4, -0.2) is 43.0 Å². The number of nitrogens with zero attached hydrogens (tertiary/aromatic N) is 3. The third-order valence-corrected chi connectivity index (χ3v) is 7.58. The summed E-state index contributed by atoms with van der Waals surface area (Å²) in [6, 6.07) is 17.1. The number of ketones is 1. The van der Waals surface area contributed by atoms with Gasteiger partial charge in [0.2, 0.25) is 0 Å². The first kappa shape index (κ1) is 24.8. The number of ether oxygens (including phenoxy) is 1. The number of thiazole rings is 1. The number of Topliss-reactive ketones (excluding diaryl/α,β-unsaturated/α-hetero) is 1. The highest BCUT2D eigenvalue weighted by Crippen LogP contribution is 2.45. The molecule has 1 aliphatic rings. The number of anilines is 2. The molecule has 0 spiro atoms. The molecule has 1 N–H and O–H groups in total. The maximum absolute atomic E-state index is 13.5. The lowest BCUT2D eigenvalue weighted by Crippen LogP contribution is -2.29. The van der Waals surface area contributed by atoms with Crippen molar-refractivity contribution in [1.82, 2.24) is 4.98 Å². The predicted octanol–water partition coefficient (Wildman–Crippen LogP) is 5.96. The molecule has 1 fully saturated rings. The Hall–Kier alpha value is -3.88. The molecule has 1 amide bonds. The molecule has 1 unspecified atom stereocenters. The Morgan fingerprint density at radius 1 is 1.08 bits per heavy atom. The van der Waals surface area contributed by atoms with Gasteiger partial charge in [0.05, 0.1) is 34.5 Å². The molecule has 1 aliphatic heterocycles. The number of carbonyl (C=O) groups excluding carboxylic acids is 2. The summed E-state index contributed by atoms with van der Waals surface area (Å²) in [5, 5.41) is 12.2. The van der Waals surface area contributed by atoms with E-state index in [4.69, 9.17) is 16.3 Å². The van der Waals surface area contributed by atoms with Gasteiger partial charge < -0.3 is 14.7 Å². The fourth-order valence-electron chi connectivity index (χ4n) is 4.43. The Bertz CT molecular complexity index is 1580. The summed E-state index contributed by atoms with van der Waals surface area (Å²) < 4.78 is 6.31. The number of aryl methyl sites for hydroxylation is 1. The molecule has 0 radical (unpaired) electrons. The number of methoxy groups -OCH3 is 1. The minimum absolute atomic E-state index is 0.0568. The summed E-state index contributed by atoms with van der Waals surface area (Å²) in [7, 11) is 5.31. The number of benzene rings is 3. The molecule has 2 heterocycles. The third kappa shape index (κ3) is 4.32. The van der Waals surface area contributed by atoms with E-state index < -0.39 is 17.7 Å². The summed E-state index contributed by atoms with van der Waals surface area (Å²) in [5.41, 5.74) is 3.57. The molecule has 3 aromatic carbocycles. The molecular formula is C28H24ClN3O4S. The van der Waals surface area contributed by atoms with Gasteiger partial charge in [-0.25, -0.2) is 4.98 Å². The van der Waals surface area contributed by atoms with Crippen molar-refractivity contribution in [3.05, 3.63) is 87.9 Å². The van der Waals surface area contributed by atoms with E-state index in [2.05, 4.69) is 4.98 Å². The van der Waals surface area contributed by atoms with Crippen LogP contribution < -0.4 is 14.5 Å². The van der Waals surface area contributed by atoms with Crippen molar-refractivity contribution >= 4 is 61.4 Å². The normalized spacial score (nSPS) is 17.0. The summed E-state index contributed by atoms with van der Waals surface area (Å²) in [4.78, 5) is 35.0. The lowest BCUT2D eigenvalue weighted by Gasteiger charge is -2.24. The van der Waals surface area contributed by atoms with E-state index in [9.17, 15) is 14.7 Å². The number of fused-ring (bicyclic) bond motifs is 1. The Morgan fingerprint density at radius 2 is 1.81 bits per heavy atom. The fourth-order valence-corrected chi connectivity index (χ4v) is 5.70. The van der Waals surface area contributed by atoms with E-state index >= 15 is 0 Å². The van der Waals surface area contributed by atoms with E-state index in [1.54, 1.807) is 12.1 Å². The van der Waals surface area contributed by atoms with Crippen LogP contribution in [0.15, 0.2) is 66.2 Å². The highest BCUT2D eigenvalue weighted by Gasteiger charge is 2.48. The Labute approximate surface area is 223 Å². The minimum atomic E-state index is -0.901. The number of halogens is 1. The van der Waals surface area contributed by atoms with Gasteiger partial charge in [-0.1, -0.05) is 41.1 Å². The minimum Gasteiger partial charge on any atom is -0.507 e. The monoisotopic (exact) mass is 533 g/mol. The molecular weight excluding hydrogens is 510 g/mol. The molecule has 0 bridgehead atoms. The first-order valence-corrected chi connectivity index (χ1v) is 12.7. The summed E-state index contributed by atoms with van der Waals surface area (Å²) in [5.74, 6) is -1.61. The van der Waals surface area contributed by atoms with Crippen LogP contribution in [0.1, 0.15) is 22.7 Å². The third-order valence-electron chi connectivity index (χ3n) is 6.33. The van der Waals surface area contributed by atoms with Crippen LogP contribution in [0.4, 0.5) is 10.8 Å². The average molecular weight is 534 g/mol. The van der Waals surface area contributed by atoms with E-state index in [1.807, 2.05) is 68.4 Å². The van der Waals surface area contributed by atoms with E-state index in [1.165, 1.54) is 29.4 Å². The predicted molar refractivity (Wildman–Crippen MR) is 148 cm³/mol. The zero-order chi connectivity index (χ0) is 26.4. The van der Waals surface area contributed by atoms with Crippen molar-refractivity contribution in [2.45, 2.75) is 13.0 Å². The topological polar surface area (TPSA) is 83.0 Å². The van der Waals surface area contributed by atoms with Crippen molar-refractivity contribution in [3.8, 4) is 5.75 Å². The highest BCUT2D eigenvalue weighted by atomic mass is 35.5. The number of aliphatic hydroxyl groups is 1. The van der Waals surface area contributed by atoms with Gasteiger partial charge in [-0.15, -0.1) is 0 Å². The molecule has 9 heteroatoms. The van der Waals surface area contributed by atoms with Gasteiger partial charge in [-0.3, -0.25) is 14.5 Å². The average Bonchev–Trinajstić information content (AvgIpc) is 3.41. The molecule has 5 rings (SSSR count). The fraction of sp³-hybridized carbons (Fsp3) is 0.179. The molecule has 1 aromatic heterocycles. The summed E-state index contributed by atoms with van der Waals surface area (Å²) in [6.45, 7) is 1.98. The van der Waals surface area contributed by atoms with Crippen molar-refractivity contribution in [2.75, 3.05) is 31.0 Å². The van der Waals surface area contributed by atoms with Crippen LogP contribution in [-0.2, 0) is 9.59 Å². The van der Waals surface area contributed by atoms with Gasteiger partial charge in [-0.05, 0) is 60.5 Å². The van der Waals surface area contributed by atoms with Crippen molar-refractivity contribution in [3.63, 3.8) is 0 Å². The first-order chi connectivity index (χ1) is 17.7. The molecule has 1 saturated heterocycles. The second-order valence-electron chi connectivity index (χ2n) is 8.97. The zero-order valence-corrected chi connectivity index (χ0v) is 22.2. The number of aromatic nitrogens is 1. The Kier molecular flexibility index (Phi) is 6.39. The molecule has 1 atom stereocenters. The highest BCUT2D eigenvalue weighted by molar-refractivity contribution is 7.22. The van der Waals surface area contributed by atoms with Crippen LogP contribution in [0, 0.1) is 6.92 Å². The number of amides is 1. The quantitative estimate of drug-likeness (QED) is 0.194. The largest absolute Gasteiger partial charge is 0.507 e. The van der Waals surface area contributed by atoms with E-state index in [-0.39, 0.29) is 16.9 Å². The lowest BCUT2D eigenvalue weighted by molar-refractivity contribution is -0.132. The van der Waals surface area contributed by atoms with Gasteiger partial charge >= 0.3 is 5.91 Å². The number of rotatable bonds is 5. The van der Waals surface area contributed by atoms with Gasteiger partial charge in [-0.2, -0.15) is 0 Å². The molecule has 0 aliphatic carbocycles. The molecule has 4 aromatic rings. The number of aliphatic hydroxyl groups excluding tert-OH is 1. The SMILES string of the molecule is COc1ccc(Cl)cc1/C(O)=C1\C(=O)C(=O)N(c2nc3ccc(C)cc3s2)C1c1ccc(N(C)C)cc1. The molecule has 37 heavy (non-hydrogen) atoms. The molecule has 188 valence electrons. The Balaban J connectivity index is 1.75. The maximum Gasteiger partial charge on any atom is 0.301 e. The smallest absolute Gasteiger partial charge is 0.301 e. The van der Waals surface area contributed by atoms with Crippen LogP contribution in [0.3, 0.4) is 0 Å². The molecule has 0 saturated carbocycles. The number of carbonyl (C=O) groups is 2. The second kappa shape index (κ2) is 9.53. The summed E-state index contributed by atoms with van der Waals surface area (Å²) in [6.07, 6.45) is 0. The van der Waals surface area contributed by atoms with Gasteiger partial charge in [0.1, 0.15) is 11.5 Å². The van der Waals surface area contributed by atoms with Gasteiger partial charge in [0, 0.05) is 24.8 Å². The summed E-state index contributed by atoms with van der Waals surface area (Å²) >= 11 is 7.53. The first-order valence-electron chi connectivity index (χ1n) is 11.5. The zero-order valence-electron chi connectivity index (χ0n) is 20.7. The second-order valence-corrected chi connectivity index (χ2v) is 10.4. The van der Waals surface area contributed by atoms with Crippen molar-refractivity contribution < 1.29 is 19.4 Å². The van der Waals surface area contributed by atoms with Crippen LogP contribution >= 0.6 is 22.9 Å². The van der Waals surface area contributed by atoms with Crippen LogP contribution in [0.5, 0.6) is 5.75 Å². The van der Waals surface area contributed by atoms with Crippen molar-refractivity contribution in [2.24, 2.45) is 0 Å². The number of hydrogen-bond acceptors (Lipinski definition) is 7. The van der Waals surface area contributed by atoms with E-state index in [0.717, 1.165) is 21.5 Å². The maximum atomic E-state index is 13.5. The molecule has 7 nitrogen and oxygen atoms in total. The van der Waals surface area contributed by atoms with Gasteiger partial charge in [0.15, 0.2) is 5.13 Å². The lowest BCUT2D eigenvalue weighted by atomic mass is 9.95. The number of hydrogen-bond donors (Lipinski definition) is 1. The van der Waals surface area contributed by atoms with Crippen molar-refractivity contribution in [1.29, 1.82) is 0 Å². The van der Waals surface area contributed by atoms with Gasteiger partial charge in [0.25, 0.3) is 5.78 Å². The van der Waals surface area contributed by atoms with Crippen LogP contribution in [0.2, 0.25) is 5.02 Å². The standard InChI is InChI=1S/C28H24ClN3O4S/c1-15-5-11-20-22(13-15)37-28(30-20)32-24(16-6-9-18(10-7-16)31(2)3)23(26(34)27(32)35)25(33)19-14-17(29)8-12-21(19)36-4/h5-14,24,33H,1-4H3/b25-23+. The van der Waals surface area contributed by atoms with E-state index in [0.29, 0.717) is 21.5 Å².